The molecule has 0 amide bonds. The van der Waals surface area contributed by atoms with Crippen LogP contribution in [0.2, 0.25) is 0 Å². The SMILES string of the molecule is CCO.CO[SiH3]. The van der Waals surface area contributed by atoms with E-state index in [-0.39, 0.29) is 6.61 Å². The lowest BCUT2D eigenvalue weighted by molar-refractivity contribution is 0.318. The van der Waals surface area contributed by atoms with Gasteiger partial charge in [-0.3, -0.25) is 0 Å². The van der Waals surface area contributed by atoms with Crippen LogP contribution in [-0.4, -0.2) is 29.3 Å². The Hall–Kier alpha value is 0.137. The molecule has 0 aliphatic carbocycles. The zero-order valence-electron chi connectivity index (χ0n) is 4.56. The Morgan fingerprint density at radius 1 is 1.83 bits per heavy atom. The van der Waals surface area contributed by atoms with Gasteiger partial charge >= 0.3 is 0 Å². The molecule has 0 aliphatic rings. The third-order valence-corrected chi connectivity index (χ3v) is 0. The Bertz CT molecular complexity index is 10.8. The minimum atomic E-state index is 0.250. The van der Waals surface area contributed by atoms with E-state index in [1.165, 1.54) is 0 Å². The highest BCUT2D eigenvalue weighted by molar-refractivity contribution is 5.97. The summed E-state index contributed by atoms with van der Waals surface area (Å²) >= 11 is 0. The lowest BCUT2D eigenvalue weighted by Gasteiger charge is -1.61. The highest BCUT2D eigenvalue weighted by Gasteiger charge is 1.34. The summed E-state index contributed by atoms with van der Waals surface area (Å²) in [6.07, 6.45) is 0. The van der Waals surface area contributed by atoms with Gasteiger partial charge in [0.25, 0.3) is 0 Å². The van der Waals surface area contributed by atoms with Gasteiger partial charge in [-0.25, -0.2) is 0 Å². The molecular weight excluding hydrogens is 96.1 g/mol. The second-order valence-corrected chi connectivity index (χ2v) is 1.54. The second-order valence-electron chi connectivity index (χ2n) is 0.724. The molecule has 0 saturated carbocycles. The van der Waals surface area contributed by atoms with E-state index in [1.807, 2.05) is 0 Å². The molecule has 6 heavy (non-hydrogen) atoms. The quantitative estimate of drug-likeness (QED) is 0.400. The van der Waals surface area contributed by atoms with Gasteiger partial charge in [0.2, 0.25) is 0 Å². The van der Waals surface area contributed by atoms with Gasteiger partial charge in [-0.2, -0.15) is 0 Å². The first-order valence-corrected chi connectivity index (χ1v) is 2.66. The van der Waals surface area contributed by atoms with Crippen molar-refractivity contribution in [3.05, 3.63) is 0 Å². The van der Waals surface area contributed by atoms with Crippen LogP contribution in [0.3, 0.4) is 0 Å². The Morgan fingerprint density at radius 3 is 1.83 bits per heavy atom. The predicted molar refractivity (Wildman–Crippen MR) is 29.7 cm³/mol. The molecule has 0 heterocycles. The predicted octanol–water partition coefficient (Wildman–Crippen LogP) is -1.09. The van der Waals surface area contributed by atoms with Crippen molar-refractivity contribution in [2.45, 2.75) is 6.92 Å². The van der Waals surface area contributed by atoms with Crippen molar-refractivity contribution in [3.63, 3.8) is 0 Å². The summed E-state index contributed by atoms with van der Waals surface area (Å²) in [5.74, 6) is 0. The lowest BCUT2D eigenvalue weighted by atomic mass is 10.9. The van der Waals surface area contributed by atoms with Crippen LogP contribution in [0.25, 0.3) is 0 Å². The third kappa shape index (κ3) is 2170. The number of hydrogen-bond donors (Lipinski definition) is 1. The molecule has 2 nitrogen and oxygen atoms in total. The maximum absolute atomic E-state index is 7.57. The van der Waals surface area contributed by atoms with Gasteiger partial charge in [0.05, 0.1) is 0 Å². The minimum absolute atomic E-state index is 0.250. The van der Waals surface area contributed by atoms with Crippen molar-refractivity contribution in [1.82, 2.24) is 0 Å². The van der Waals surface area contributed by atoms with Crippen LogP contribution in [0.1, 0.15) is 6.92 Å². The molecule has 0 fully saturated rings. The fraction of sp³-hybridized carbons (Fsp3) is 1.00. The van der Waals surface area contributed by atoms with Gasteiger partial charge in [-0.1, -0.05) is 0 Å². The third-order valence-electron chi connectivity index (χ3n) is 0. The van der Waals surface area contributed by atoms with Crippen molar-refractivity contribution < 1.29 is 9.53 Å². The summed E-state index contributed by atoms with van der Waals surface area (Å²) in [6.45, 7) is 1.93. The van der Waals surface area contributed by atoms with Crippen LogP contribution in [0, 0.1) is 0 Å². The smallest absolute Gasteiger partial charge is 0.145 e. The van der Waals surface area contributed by atoms with Crippen molar-refractivity contribution >= 4 is 10.5 Å². The Morgan fingerprint density at radius 2 is 1.83 bits per heavy atom. The maximum Gasteiger partial charge on any atom is 0.145 e. The van der Waals surface area contributed by atoms with Crippen LogP contribution in [0.15, 0.2) is 0 Å². The zero-order valence-corrected chi connectivity index (χ0v) is 6.56. The van der Waals surface area contributed by atoms with Gasteiger partial charge in [-0.15, -0.1) is 0 Å². The number of rotatable bonds is 0. The van der Waals surface area contributed by atoms with Gasteiger partial charge in [0.15, 0.2) is 0 Å². The summed E-state index contributed by atoms with van der Waals surface area (Å²) in [5.41, 5.74) is 0. The van der Waals surface area contributed by atoms with Crippen LogP contribution < -0.4 is 0 Å². The molecule has 0 rings (SSSR count). The zero-order chi connectivity index (χ0) is 5.41. The summed E-state index contributed by atoms with van der Waals surface area (Å²) in [6, 6.07) is 0. The number of aliphatic hydroxyl groups is 1. The van der Waals surface area contributed by atoms with Crippen molar-refractivity contribution in [2.75, 3.05) is 13.7 Å². The first-order chi connectivity index (χ1) is 2.83. The van der Waals surface area contributed by atoms with E-state index >= 15 is 0 Å². The van der Waals surface area contributed by atoms with E-state index in [9.17, 15) is 0 Å². The molecule has 40 valence electrons. The molecular formula is C3H12O2Si. The molecule has 0 spiro atoms. The highest BCUT2D eigenvalue weighted by Crippen LogP contribution is 1.30. The van der Waals surface area contributed by atoms with Gasteiger partial charge < -0.3 is 9.53 Å². The van der Waals surface area contributed by atoms with Gasteiger partial charge in [0.1, 0.15) is 10.5 Å². The van der Waals surface area contributed by atoms with Crippen molar-refractivity contribution in [1.29, 1.82) is 0 Å². The molecule has 1 N–H and O–H groups in total. The summed E-state index contributed by atoms with van der Waals surface area (Å²) in [5, 5.41) is 7.57. The topological polar surface area (TPSA) is 29.5 Å². The maximum atomic E-state index is 7.57. The molecule has 0 aromatic carbocycles. The van der Waals surface area contributed by atoms with Crippen LogP contribution >= 0.6 is 0 Å². The van der Waals surface area contributed by atoms with Crippen molar-refractivity contribution in [3.8, 4) is 0 Å². The van der Waals surface area contributed by atoms with Crippen molar-refractivity contribution in [2.24, 2.45) is 0 Å². The molecule has 0 bridgehead atoms. The van der Waals surface area contributed by atoms with E-state index in [1.54, 1.807) is 14.0 Å². The molecule has 0 saturated heterocycles. The van der Waals surface area contributed by atoms with Gasteiger partial charge in [-0.05, 0) is 6.92 Å². The number of hydrogen-bond acceptors (Lipinski definition) is 2. The van der Waals surface area contributed by atoms with E-state index in [2.05, 4.69) is 4.43 Å². The Kier molecular flexibility index (Phi) is 30.4. The lowest BCUT2D eigenvalue weighted by Crippen LogP contribution is -1.60. The molecule has 3 heteroatoms. The molecule has 0 aliphatic heterocycles. The first kappa shape index (κ1) is 9.46. The highest BCUT2D eigenvalue weighted by atomic mass is 28.2. The summed E-state index contributed by atoms with van der Waals surface area (Å²) in [7, 11) is 2.56. The largest absolute Gasteiger partial charge is 0.431 e. The summed E-state index contributed by atoms with van der Waals surface area (Å²) < 4.78 is 4.39. The minimum Gasteiger partial charge on any atom is -0.431 e. The van der Waals surface area contributed by atoms with E-state index in [0.29, 0.717) is 0 Å². The fourth-order valence-electron chi connectivity index (χ4n) is 0. The molecule has 0 radical (unpaired) electrons. The second kappa shape index (κ2) is 19.3. The van der Waals surface area contributed by atoms with E-state index < -0.39 is 0 Å². The first-order valence-electron chi connectivity index (χ1n) is 1.84. The van der Waals surface area contributed by atoms with E-state index in [0.717, 1.165) is 10.5 Å². The standard InChI is InChI=1S/C2H6O.CH6OSi/c2*1-2-3/h3H,2H2,1H3;1,3H3. The monoisotopic (exact) mass is 108 g/mol. The van der Waals surface area contributed by atoms with Crippen LogP contribution in [0.4, 0.5) is 0 Å². The molecule has 0 aromatic rings. The Labute approximate surface area is 41.7 Å². The average Bonchev–Trinajstić information content (AvgIpc) is 1.39. The fourth-order valence-corrected chi connectivity index (χ4v) is 0. The van der Waals surface area contributed by atoms with Crippen LogP contribution in [-0.2, 0) is 4.43 Å². The Balaban J connectivity index is 0. The normalized spacial score (nSPS) is 6.50. The molecule has 0 aromatic heterocycles. The number of aliphatic hydroxyl groups excluding tert-OH is 1. The van der Waals surface area contributed by atoms with E-state index in [4.69, 9.17) is 5.11 Å². The molecule has 0 atom stereocenters. The molecule has 0 unspecified atom stereocenters. The average molecular weight is 108 g/mol. The van der Waals surface area contributed by atoms with Gasteiger partial charge in [0, 0.05) is 13.7 Å². The van der Waals surface area contributed by atoms with Crippen LogP contribution in [0.5, 0.6) is 0 Å². The summed E-state index contributed by atoms with van der Waals surface area (Å²) in [4.78, 5) is 0.